The molecule has 2 aromatic carbocycles. The number of carbonyl (C=O) groups is 1. The summed E-state index contributed by atoms with van der Waals surface area (Å²) in [5, 5.41) is 14.1. The Balaban J connectivity index is 1.99. The molecule has 0 heterocycles. The van der Waals surface area contributed by atoms with Crippen LogP contribution in [0, 0.1) is 10.1 Å². The third-order valence-corrected chi connectivity index (χ3v) is 3.59. The first-order chi connectivity index (χ1) is 14.0. The fourth-order valence-corrected chi connectivity index (χ4v) is 2.22. The monoisotopic (exact) mass is 398 g/mol. The Bertz CT molecular complexity index is 936. The lowest BCUT2D eigenvalue weighted by atomic mass is 10.2. The second-order valence-electron chi connectivity index (χ2n) is 5.57. The topological polar surface area (TPSA) is 137 Å². The first kappa shape index (κ1) is 21.3. The van der Waals surface area contributed by atoms with Crippen LogP contribution in [0.15, 0.2) is 53.7 Å². The van der Waals surface area contributed by atoms with Crippen LogP contribution in [0.1, 0.15) is 12.0 Å². The number of benzene rings is 2. The molecule has 2 aromatic rings. The minimum Gasteiger partial charge on any atom is -0.493 e. The van der Waals surface area contributed by atoms with Crippen molar-refractivity contribution in [3.05, 3.63) is 74.7 Å². The van der Waals surface area contributed by atoms with E-state index in [0.717, 1.165) is 0 Å². The molecule has 10 heteroatoms. The minimum absolute atomic E-state index is 0.0921. The third kappa shape index (κ3) is 6.89. The number of nitro benzene ring substituents is 1. The number of hydrogen-bond acceptors (Lipinski definition) is 7. The van der Waals surface area contributed by atoms with Crippen LogP contribution in [0.2, 0.25) is 0 Å². The summed E-state index contributed by atoms with van der Waals surface area (Å²) in [6, 6.07) is 10.3. The Morgan fingerprint density at radius 3 is 2.66 bits per heavy atom. The Labute approximate surface area is 166 Å². The first-order valence-corrected chi connectivity index (χ1v) is 8.49. The zero-order valence-electron chi connectivity index (χ0n) is 15.6. The number of methoxy groups -OCH3 is 1. The van der Waals surface area contributed by atoms with Crippen molar-refractivity contribution in [2.45, 2.75) is 6.42 Å². The molecule has 0 atom stereocenters. The van der Waals surface area contributed by atoms with Gasteiger partial charge in [-0.2, -0.15) is 0 Å². The van der Waals surface area contributed by atoms with Gasteiger partial charge in [-0.3, -0.25) is 10.1 Å². The highest BCUT2D eigenvalue weighted by atomic mass is 16.6. The van der Waals surface area contributed by atoms with Crippen molar-refractivity contribution in [3.63, 3.8) is 0 Å². The van der Waals surface area contributed by atoms with Crippen molar-refractivity contribution in [1.82, 2.24) is 0 Å². The van der Waals surface area contributed by atoms with Crippen LogP contribution in [0.3, 0.4) is 0 Å². The van der Waals surface area contributed by atoms with Gasteiger partial charge in [-0.05, 0) is 47.9 Å². The molecule has 0 unspecified atom stereocenters. The Morgan fingerprint density at radius 1 is 1.24 bits per heavy atom. The van der Waals surface area contributed by atoms with E-state index >= 15 is 0 Å². The van der Waals surface area contributed by atoms with Gasteiger partial charge in [0.25, 0.3) is 5.69 Å². The molecule has 0 N–H and O–H groups in total. The summed E-state index contributed by atoms with van der Waals surface area (Å²) < 4.78 is 16.0. The summed E-state index contributed by atoms with van der Waals surface area (Å²) in [5.74, 6) is 0.578. The normalized spacial score (nSPS) is 10.2. The molecule has 150 valence electrons. The van der Waals surface area contributed by atoms with E-state index in [2.05, 4.69) is 10.0 Å². The van der Waals surface area contributed by atoms with Crippen LogP contribution in [-0.2, 0) is 4.79 Å². The van der Waals surface area contributed by atoms with E-state index in [1.165, 1.54) is 37.5 Å². The van der Waals surface area contributed by atoms with Gasteiger partial charge >= 0.3 is 5.97 Å². The van der Waals surface area contributed by atoms with E-state index in [1.54, 1.807) is 24.3 Å². The lowest BCUT2D eigenvalue weighted by molar-refractivity contribution is -0.384. The van der Waals surface area contributed by atoms with Gasteiger partial charge in [0, 0.05) is 29.7 Å². The van der Waals surface area contributed by atoms with E-state index in [0.29, 0.717) is 36.6 Å². The van der Waals surface area contributed by atoms with E-state index in [9.17, 15) is 14.9 Å². The molecular weight excluding hydrogens is 380 g/mol. The number of rotatable bonds is 10. The Hall–Kier alpha value is -4.04. The quantitative estimate of drug-likeness (QED) is 0.0673. The molecule has 0 aliphatic rings. The molecule has 10 nitrogen and oxygen atoms in total. The zero-order chi connectivity index (χ0) is 21.1. The highest BCUT2D eigenvalue weighted by Gasteiger charge is 2.08. The summed E-state index contributed by atoms with van der Waals surface area (Å²) in [4.78, 5) is 24.7. The highest BCUT2D eigenvalue weighted by molar-refractivity contribution is 5.88. The van der Waals surface area contributed by atoms with Gasteiger partial charge in [0.05, 0.1) is 18.6 Å². The standard InChI is InChI=1S/C19H18N4O6/c1-27-17-9-3-14(13-18(17)28-12-2-11-21-22-20)4-10-19(24)29-16-7-5-15(6-8-16)23(25)26/h3-10,13H,2,11-12H2,1H3. The van der Waals surface area contributed by atoms with Gasteiger partial charge in [0.15, 0.2) is 11.5 Å². The molecule has 0 spiro atoms. The zero-order valence-corrected chi connectivity index (χ0v) is 15.6. The molecule has 0 aliphatic heterocycles. The molecule has 0 bridgehead atoms. The average Bonchev–Trinajstić information content (AvgIpc) is 2.72. The number of nitro groups is 1. The first-order valence-electron chi connectivity index (χ1n) is 8.49. The second kappa shape index (κ2) is 11.0. The second-order valence-corrected chi connectivity index (χ2v) is 5.57. The fourth-order valence-electron chi connectivity index (χ4n) is 2.22. The van der Waals surface area contributed by atoms with Crippen molar-refractivity contribution in [1.29, 1.82) is 0 Å². The predicted molar refractivity (Wildman–Crippen MR) is 105 cm³/mol. The van der Waals surface area contributed by atoms with Gasteiger partial charge < -0.3 is 14.2 Å². The molecular formula is C19H18N4O6. The minimum atomic E-state index is -0.633. The van der Waals surface area contributed by atoms with Crippen molar-refractivity contribution < 1.29 is 23.9 Å². The van der Waals surface area contributed by atoms with Crippen LogP contribution in [0.25, 0.3) is 16.5 Å². The summed E-state index contributed by atoms with van der Waals surface area (Å²) in [6.45, 7) is 0.664. The van der Waals surface area contributed by atoms with E-state index in [1.807, 2.05) is 0 Å². The summed E-state index contributed by atoms with van der Waals surface area (Å²) in [6.07, 6.45) is 3.32. The molecule has 0 aliphatic carbocycles. The van der Waals surface area contributed by atoms with Crippen LogP contribution in [0.4, 0.5) is 5.69 Å². The number of hydrogen-bond donors (Lipinski definition) is 0. The summed E-state index contributed by atoms with van der Waals surface area (Å²) >= 11 is 0. The number of nitrogens with zero attached hydrogens (tertiary/aromatic N) is 4. The SMILES string of the molecule is COc1ccc(C=CC(=O)Oc2ccc([N+](=O)[O-])cc2)cc1OCCCN=[N+]=[N-]. The van der Waals surface area contributed by atoms with Crippen LogP contribution in [-0.4, -0.2) is 31.2 Å². The van der Waals surface area contributed by atoms with Crippen molar-refractivity contribution in [2.75, 3.05) is 20.3 Å². The van der Waals surface area contributed by atoms with Crippen LogP contribution in [0.5, 0.6) is 17.2 Å². The maximum absolute atomic E-state index is 11.9. The molecule has 0 saturated carbocycles. The van der Waals surface area contributed by atoms with Crippen LogP contribution >= 0.6 is 0 Å². The Morgan fingerprint density at radius 2 is 2.00 bits per heavy atom. The average molecular weight is 398 g/mol. The van der Waals surface area contributed by atoms with Gasteiger partial charge in [-0.25, -0.2) is 4.79 Å². The fraction of sp³-hybridized carbons (Fsp3) is 0.211. The molecule has 29 heavy (non-hydrogen) atoms. The lowest BCUT2D eigenvalue weighted by Gasteiger charge is -2.11. The Kier molecular flexibility index (Phi) is 8.03. The van der Waals surface area contributed by atoms with Gasteiger partial charge in [0.2, 0.25) is 0 Å². The molecule has 0 amide bonds. The number of carbonyl (C=O) groups excluding carboxylic acids is 1. The number of azide groups is 1. The molecule has 2 rings (SSSR count). The third-order valence-electron chi connectivity index (χ3n) is 3.59. The molecule has 0 fully saturated rings. The molecule has 0 aromatic heterocycles. The van der Waals surface area contributed by atoms with E-state index < -0.39 is 10.9 Å². The van der Waals surface area contributed by atoms with Gasteiger partial charge in [-0.1, -0.05) is 11.2 Å². The van der Waals surface area contributed by atoms with Crippen molar-refractivity contribution in [2.24, 2.45) is 5.11 Å². The van der Waals surface area contributed by atoms with Crippen molar-refractivity contribution >= 4 is 17.7 Å². The maximum Gasteiger partial charge on any atom is 0.336 e. The number of non-ortho nitro benzene ring substituents is 1. The maximum atomic E-state index is 11.9. The molecule has 0 saturated heterocycles. The number of esters is 1. The largest absolute Gasteiger partial charge is 0.493 e. The predicted octanol–water partition coefficient (Wildman–Crippen LogP) is 4.30. The smallest absolute Gasteiger partial charge is 0.336 e. The van der Waals surface area contributed by atoms with E-state index in [4.69, 9.17) is 19.7 Å². The summed E-state index contributed by atoms with van der Waals surface area (Å²) in [5.41, 5.74) is 8.84. The highest BCUT2D eigenvalue weighted by Crippen LogP contribution is 2.28. The molecule has 0 radical (unpaired) electrons. The van der Waals surface area contributed by atoms with Crippen LogP contribution < -0.4 is 14.2 Å². The lowest BCUT2D eigenvalue weighted by Crippen LogP contribution is -2.03. The van der Waals surface area contributed by atoms with Gasteiger partial charge in [-0.15, -0.1) is 0 Å². The van der Waals surface area contributed by atoms with Crippen molar-refractivity contribution in [3.8, 4) is 17.2 Å². The van der Waals surface area contributed by atoms with Gasteiger partial charge in [0.1, 0.15) is 5.75 Å². The summed E-state index contributed by atoms with van der Waals surface area (Å²) in [7, 11) is 1.51. The van der Waals surface area contributed by atoms with E-state index in [-0.39, 0.29) is 11.4 Å². The number of ether oxygens (including phenoxy) is 3.